The second-order valence-corrected chi connectivity index (χ2v) is 5.14. The SMILES string of the molecule is COc1cc(C)ccc1NC(C)c1ccc(F)cc1Cl. The maximum atomic E-state index is 13.1. The van der Waals surface area contributed by atoms with Crippen LogP contribution in [0.3, 0.4) is 0 Å². The van der Waals surface area contributed by atoms with E-state index in [1.165, 1.54) is 12.1 Å². The quantitative estimate of drug-likeness (QED) is 0.859. The molecular weight excluding hydrogens is 277 g/mol. The minimum absolute atomic E-state index is 0.0558. The summed E-state index contributed by atoms with van der Waals surface area (Å²) in [5, 5.41) is 3.75. The summed E-state index contributed by atoms with van der Waals surface area (Å²) >= 11 is 6.08. The van der Waals surface area contributed by atoms with Gasteiger partial charge < -0.3 is 10.1 Å². The molecule has 0 amide bonds. The molecular formula is C16H17ClFNO. The highest BCUT2D eigenvalue weighted by atomic mass is 35.5. The number of aryl methyl sites for hydroxylation is 1. The van der Waals surface area contributed by atoms with Crippen LogP contribution in [0.1, 0.15) is 24.1 Å². The first kappa shape index (κ1) is 14.7. The van der Waals surface area contributed by atoms with E-state index in [1.54, 1.807) is 13.2 Å². The first-order valence-electron chi connectivity index (χ1n) is 6.37. The van der Waals surface area contributed by atoms with Gasteiger partial charge in [-0.15, -0.1) is 0 Å². The molecule has 0 aliphatic carbocycles. The van der Waals surface area contributed by atoms with Gasteiger partial charge in [-0.3, -0.25) is 0 Å². The Labute approximate surface area is 123 Å². The van der Waals surface area contributed by atoms with E-state index in [-0.39, 0.29) is 11.9 Å². The summed E-state index contributed by atoms with van der Waals surface area (Å²) < 4.78 is 18.4. The smallest absolute Gasteiger partial charge is 0.142 e. The van der Waals surface area contributed by atoms with Crippen LogP contribution in [-0.4, -0.2) is 7.11 Å². The van der Waals surface area contributed by atoms with E-state index in [9.17, 15) is 4.39 Å². The van der Waals surface area contributed by atoms with Gasteiger partial charge in [0.05, 0.1) is 18.8 Å². The van der Waals surface area contributed by atoms with Gasteiger partial charge in [-0.25, -0.2) is 4.39 Å². The van der Waals surface area contributed by atoms with Crippen LogP contribution in [0.4, 0.5) is 10.1 Å². The molecule has 0 aliphatic heterocycles. The molecule has 1 N–H and O–H groups in total. The minimum atomic E-state index is -0.334. The van der Waals surface area contributed by atoms with Crippen LogP contribution in [0, 0.1) is 12.7 Å². The molecule has 0 radical (unpaired) electrons. The maximum Gasteiger partial charge on any atom is 0.142 e. The second kappa shape index (κ2) is 6.14. The third-order valence-electron chi connectivity index (χ3n) is 3.16. The summed E-state index contributed by atoms with van der Waals surface area (Å²) in [4.78, 5) is 0. The van der Waals surface area contributed by atoms with Gasteiger partial charge in [-0.2, -0.15) is 0 Å². The van der Waals surface area contributed by atoms with Crippen LogP contribution in [-0.2, 0) is 0 Å². The topological polar surface area (TPSA) is 21.3 Å². The Hall–Kier alpha value is -1.74. The zero-order valence-corrected chi connectivity index (χ0v) is 12.5. The molecule has 20 heavy (non-hydrogen) atoms. The highest BCUT2D eigenvalue weighted by molar-refractivity contribution is 6.31. The number of nitrogens with one attached hydrogen (secondary N) is 1. The van der Waals surface area contributed by atoms with Crippen molar-refractivity contribution in [1.82, 2.24) is 0 Å². The summed E-state index contributed by atoms with van der Waals surface area (Å²) in [5.74, 6) is 0.439. The average molecular weight is 294 g/mol. The normalized spacial score (nSPS) is 12.1. The first-order valence-corrected chi connectivity index (χ1v) is 6.75. The lowest BCUT2D eigenvalue weighted by Gasteiger charge is -2.19. The van der Waals surface area contributed by atoms with Crippen LogP contribution in [0.2, 0.25) is 5.02 Å². The Balaban J connectivity index is 2.25. The number of hydrogen-bond donors (Lipinski definition) is 1. The fraction of sp³-hybridized carbons (Fsp3) is 0.250. The zero-order chi connectivity index (χ0) is 14.7. The third kappa shape index (κ3) is 3.23. The molecule has 106 valence electrons. The predicted octanol–water partition coefficient (Wildman–Crippen LogP) is 4.97. The highest BCUT2D eigenvalue weighted by Gasteiger charge is 2.12. The van der Waals surface area contributed by atoms with Crippen molar-refractivity contribution in [3.8, 4) is 5.75 Å². The lowest BCUT2D eigenvalue weighted by molar-refractivity contribution is 0.416. The van der Waals surface area contributed by atoms with Gasteiger partial charge in [0.1, 0.15) is 11.6 Å². The third-order valence-corrected chi connectivity index (χ3v) is 3.49. The van der Waals surface area contributed by atoms with E-state index in [0.29, 0.717) is 5.02 Å². The van der Waals surface area contributed by atoms with Gasteiger partial charge in [0, 0.05) is 5.02 Å². The monoisotopic (exact) mass is 293 g/mol. The van der Waals surface area contributed by atoms with Crippen molar-refractivity contribution in [1.29, 1.82) is 0 Å². The number of ether oxygens (including phenoxy) is 1. The van der Waals surface area contributed by atoms with Crippen LogP contribution in [0.15, 0.2) is 36.4 Å². The van der Waals surface area contributed by atoms with Crippen molar-refractivity contribution >= 4 is 17.3 Å². The highest BCUT2D eigenvalue weighted by Crippen LogP contribution is 2.31. The molecule has 2 aromatic rings. The van der Waals surface area contributed by atoms with E-state index < -0.39 is 0 Å². The first-order chi connectivity index (χ1) is 9.51. The molecule has 2 aromatic carbocycles. The Morgan fingerprint density at radius 2 is 1.95 bits per heavy atom. The van der Waals surface area contributed by atoms with Crippen LogP contribution in [0.25, 0.3) is 0 Å². The number of anilines is 1. The standard InChI is InChI=1S/C16H17ClFNO/c1-10-4-7-15(16(8-10)20-3)19-11(2)13-6-5-12(18)9-14(13)17/h4-9,11,19H,1-3H3. The van der Waals surface area contributed by atoms with Crippen molar-refractivity contribution in [2.24, 2.45) is 0 Å². The van der Waals surface area contributed by atoms with Gasteiger partial charge in [0.15, 0.2) is 0 Å². The van der Waals surface area contributed by atoms with Gasteiger partial charge in [0.2, 0.25) is 0 Å². The number of halogens is 2. The van der Waals surface area contributed by atoms with Crippen LogP contribution >= 0.6 is 11.6 Å². The fourth-order valence-corrected chi connectivity index (χ4v) is 2.41. The lowest BCUT2D eigenvalue weighted by atomic mass is 10.1. The number of benzene rings is 2. The van der Waals surface area contributed by atoms with Crippen molar-refractivity contribution in [3.63, 3.8) is 0 Å². The average Bonchev–Trinajstić information content (AvgIpc) is 2.40. The Bertz CT molecular complexity index is 615. The molecule has 2 rings (SSSR count). The second-order valence-electron chi connectivity index (χ2n) is 4.74. The van der Waals surface area contributed by atoms with E-state index >= 15 is 0 Å². The summed E-state index contributed by atoms with van der Waals surface area (Å²) in [7, 11) is 1.63. The van der Waals surface area contributed by atoms with E-state index in [1.807, 2.05) is 32.0 Å². The molecule has 0 saturated heterocycles. The molecule has 0 heterocycles. The molecule has 0 fully saturated rings. The largest absolute Gasteiger partial charge is 0.495 e. The molecule has 1 atom stereocenters. The van der Waals surface area contributed by atoms with Gasteiger partial charge in [0.25, 0.3) is 0 Å². The van der Waals surface area contributed by atoms with E-state index in [4.69, 9.17) is 16.3 Å². The number of rotatable bonds is 4. The summed E-state index contributed by atoms with van der Waals surface area (Å²) in [5.41, 5.74) is 2.85. The Kier molecular flexibility index (Phi) is 4.50. The Morgan fingerprint density at radius 3 is 2.60 bits per heavy atom. The van der Waals surface area contributed by atoms with Crippen LogP contribution < -0.4 is 10.1 Å². The molecule has 2 nitrogen and oxygen atoms in total. The van der Waals surface area contributed by atoms with E-state index in [0.717, 1.165) is 22.6 Å². The number of hydrogen-bond acceptors (Lipinski definition) is 2. The predicted molar refractivity (Wildman–Crippen MR) is 81.2 cm³/mol. The molecule has 0 aliphatic rings. The summed E-state index contributed by atoms with van der Waals surface area (Å²) in [6.07, 6.45) is 0. The van der Waals surface area contributed by atoms with Crippen molar-refractivity contribution in [2.75, 3.05) is 12.4 Å². The number of methoxy groups -OCH3 is 1. The zero-order valence-electron chi connectivity index (χ0n) is 11.7. The van der Waals surface area contributed by atoms with Crippen molar-refractivity contribution in [3.05, 3.63) is 58.4 Å². The fourth-order valence-electron chi connectivity index (χ4n) is 2.08. The molecule has 4 heteroatoms. The van der Waals surface area contributed by atoms with E-state index in [2.05, 4.69) is 5.32 Å². The van der Waals surface area contributed by atoms with Crippen molar-refractivity contribution < 1.29 is 9.13 Å². The summed E-state index contributed by atoms with van der Waals surface area (Å²) in [6.45, 7) is 3.98. The maximum absolute atomic E-state index is 13.1. The molecule has 0 saturated carbocycles. The van der Waals surface area contributed by atoms with Crippen molar-refractivity contribution in [2.45, 2.75) is 19.9 Å². The molecule has 0 spiro atoms. The summed E-state index contributed by atoms with van der Waals surface area (Å²) in [6, 6.07) is 10.3. The minimum Gasteiger partial charge on any atom is -0.495 e. The van der Waals surface area contributed by atoms with Gasteiger partial charge >= 0.3 is 0 Å². The lowest BCUT2D eigenvalue weighted by Crippen LogP contribution is -2.08. The molecule has 0 aromatic heterocycles. The van der Waals surface area contributed by atoms with Gasteiger partial charge in [-0.05, 0) is 49.2 Å². The molecule has 1 unspecified atom stereocenters. The van der Waals surface area contributed by atoms with Crippen LogP contribution in [0.5, 0.6) is 5.75 Å². The molecule has 0 bridgehead atoms. The Morgan fingerprint density at radius 1 is 1.20 bits per heavy atom. The van der Waals surface area contributed by atoms with Gasteiger partial charge in [-0.1, -0.05) is 23.7 Å².